The third kappa shape index (κ3) is 7.07. The minimum atomic E-state index is -3.70. The summed E-state index contributed by atoms with van der Waals surface area (Å²) in [5, 5.41) is 3.52. The topological polar surface area (TPSA) is 102 Å². The maximum atomic E-state index is 12.3. The van der Waals surface area contributed by atoms with Gasteiger partial charge in [-0.1, -0.05) is 79.2 Å². The van der Waals surface area contributed by atoms with E-state index in [0.717, 1.165) is 17.4 Å². The van der Waals surface area contributed by atoms with Crippen LogP contribution in [0, 0.1) is 0 Å². The van der Waals surface area contributed by atoms with Gasteiger partial charge in [0.05, 0.1) is 6.26 Å². The van der Waals surface area contributed by atoms with Crippen LogP contribution in [-0.2, 0) is 24.3 Å². The second-order valence-corrected chi connectivity index (χ2v) is 10.2. The monoisotopic (exact) mass is 514 g/mol. The Morgan fingerprint density at radius 3 is 2.29 bits per heavy atom. The van der Waals surface area contributed by atoms with Crippen LogP contribution in [0.5, 0.6) is 0 Å². The Labute approximate surface area is 210 Å². The molecule has 0 radical (unpaired) electrons. The number of anilines is 1. The molecule has 9 heteroatoms. The van der Waals surface area contributed by atoms with E-state index in [1.807, 2.05) is 47.2 Å². The largest absolute Gasteiger partial charge is 0.452 e. The molecule has 3 aromatic rings. The first-order chi connectivity index (χ1) is 16.6. The van der Waals surface area contributed by atoms with E-state index in [1.165, 1.54) is 6.92 Å². The summed E-state index contributed by atoms with van der Waals surface area (Å²) >= 11 is 6.63. The Balaban J connectivity index is 1.99. The number of hydrogen-bond acceptors (Lipinski definition) is 6. The van der Waals surface area contributed by atoms with Crippen molar-refractivity contribution in [2.45, 2.75) is 32.4 Å². The molecule has 2 atom stereocenters. The molecule has 0 bridgehead atoms. The van der Waals surface area contributed by atoms with Crippen LogP contribution < -0.4 is 10.0 Å². The molecule has 7 nitrogen and oxygen atoms in total. The van der Waals surface area contributed by atoms with Gasteiger partial charge in [-0.2, -0.15) is 0 Å². The van der Waals surface area contributed by atoms with E-state index in [0.29, 0.717) is 21.8 Å². The SMILES string of the molecule is CCC(=O)OC(c1ccc(-c2ccccc2)c(Cl)c1)c1ccccc1N[C@@H](C)C(=O)NS(C)(=O)=O. The van der Waals surface area contributed by atoms with E-state index >= 15 is 0 Å². The average molecular weight is 515 g/mol. The standard InChI is InChI=1S/C26H27ClN2O5S/c1-4-24(30)34-25(19-14-15-20(22(27)16-19)18-10-6-5-7-11-18)21-12-8-9-13-23(21)28-17(2)26(31)29-35(3,32)33/h5-17,25,28H,4H2,1-3H3,(H,29,31)/t17-,25?/m0/s1. The zero-order valence-electron chi connectivity index (χ0n) is 19.6. The smallest absolute Gasteiger partial charge is 0.306 e. The zero-order valence-corrected chi connectivity index (χ0v) is 21.2. The van der Waals surface area contributed by atoms with Crippen molar-refractivity contribution in [2.24, 2.45) is 0 Å². The molecule has 0 aromatic heterocycles. The van der Waals surface area contributed by atoms with E-state index in [-0.39, 0.29) is 6.42 Å². The summed E-state index contributed by atoms with van der Waals surface area (Å²) in [6.07, 6.45) is 0.280. The van der Waals surface area contributed by atoms with Crippen LogP contribution in [0.25, 0.3) is 11.1 Å². The fourth-order valence-corrected chi connectivity index (χ4v) is 4.34. The molecule has 184 valence electrons. The maximum Gasteiger partial charge on any atom is 0.306 e. The number of hydrogen-bond donors (Lipinski definition) is 2. The number of esters is 1. The minimum absolute atomic E-state index is 0.176. The van der Waals surface area contributed by atoms with Crippen molar-refractivity contribution in [3.05, 3.63) is 88.9 Å². The van der Waals surface area contributed by atoms with Crippen LogP contribution in [0.1, 0.15) is 37.5 Å². The predicted molar refractivity (Wildman–Crippen MR) is 138 cm³/mol. The Bertz CT molecular complexity index is 1310. The molecule has 1 amide bonds. The maximum absolute atomic E-state index is 12.3. The average Bonchev–Trinajstić information content (AvgIpc) is 2.82. The molecule has 0 aliphatic rings. The number of ether oxygens (including phenoxy) is 1. The number of amides is 1. The Morgan fingerprint density at radius 2 is 1.66 bits per heavy atom. The molecule has 0 spiro atoms. The summed E-state index contributed by atoms with van der Waals surface area (Å²) in [6.45, 7) is 3.24. The summed E-state index contributed by atoms with van der Waals surface area (Å²) in [5.74, 6) is -1.12. The van der Waals surface area contributed by atoms with Crippen molar-refractivity contribution in [3.63, 3.8) is 0 Å². The van der Waals surface area contributed by atoms with E-state index in [4.69, 9.17) is 16.3 Å². The van der Waals surface area contributed by atoms with Crippen molar-refractivity contribution >= 4 is 39.2 Å². The summed E-state index contributed by atoms with van der Waals surface area (Å²) in [6, 6.07) is 21.3. The summed E-state index contributed by atoms with van der Waals surface area (Å²) in [4.78, 5) is 24.6. The van der Waals surface area contributed by atoms with Gasteiger partial charge in [0, 0.05) is 28.3 Å². The molecule has 3 rings (SSSR count). The van der Waals surface area contributed by atoms with Gasteiger partial charge >= 0.3 is 5.97 Å². The zero-order chi connectivity index (χ0) is 25.6. The van der Waals surface area contributed by atoms with E-state index in [9.17, 15) is 18.0 Å². The lowest BCUT2D eigenvalue weighted by atomic mass is 9.96. The summed E-state index contributed by atoms with van der Waals surface area (Å²) in [5.41, 5.74) is 3.56. The Hall–Kier alpha value is -3.36. The molecular formula is C26H27ClN2O5S. The van der Waals surface area contributed by atoms with E-state index in [2.05, 4.69) is 5.32 Å². The number of rotatable bonds is 9. The van der Waals surface area contributed by atoms with Crippen molar-refractivity contribution in [1.29, 1.82) is 0 Å². The molecule has 3 aromatic carbocycles. The van der Waals surface area contributed by atoms with Crippen LogP contribution >= 0.6 is 11.6 Å². The number of carbonyl (C=O) groups is 2. The van der Waals surface area contributed by atoms with Gasteiger partial charge in [0.15, 0.2) is 6.10 Å². The van der Waals surface area contributed by atoms with Gasteiger partial charge < -0.3 is 10.1 Å². The van der Waals surface area contributed by atoms with Gasteiger partial charge in [-0.25, -0.2) is 8.42 Å². The molecule has 0 fully saturated rings. The summed E-state index contributed by atoms with van der Waals surface area (Å²) in [7, 11) is -3.70. The fraction of sp³-hybridized carbons (Fsp3) is 0.231. The first kappa shape index (κ1) is 26.2. The molecule has 0 saturated heterocycles. The Kier molecular flexibility index (Phi) is 8.53. The quantitative estimate of drug-likeness (QED) is 0.393. The first-order valence-electron chi connectivity index (χ1n) is 11.0. The normalized spacial score (nSPS) is 12.9. The van der Waals surface area contributed by atoms with E-state index < -0.39 is 34.0 Å². The van der Waals surface area contributed by atoms with Crippen LogP contribution in [0.15, 0.2) is 72.8 Å². The minimum Gasteiger partial charge on any atom is -0.452 e. The number of nitrogens with one attached hydrogen (secondary N) is 2. The van der Waals surface area contributed by atoms with Crippen LogP contribution in [-0.4, -0.2) is 32.6 Å². The van der Waals surface area contributed by atoms with Crippen molar-refractivity contribution in [2.75, 3.05) is 11.6 Å². The number of para-hydroxylation sites is 1. The van der Waals surface area contributed by atoms with Gasteiger partial charge in [0.25, 0.3) is 5.91 Å². The molecule has 0 aliphatic heterocycles. The van der Waals surface area contributed by atoms with Crippen LogP contribution in [0.3, 0.4) is 0 Å². The second kappa shape index (κ2) is 11.4. The molecule has 0 saturated carbocycles. The lowest BCUT2D eigenvalue weighted by molar-refractivity contribution is -0.147. The lowest BCUT2D eigenvalue weighted by Gasteiger charge is -2.24. The van der Waals surface area contributed by atoms with Crippen LogP contribution in [0.4, 0.5) is 5.69 Å². The second-order valence-electron chi connectivity index (χ2n) is 8.02. The number of benzene rings is 3. The van der Waals surface area contributed by atoms with Gasteiger partial charge in [-0.05, 0) is 30.2 Å². The first-order valence-corrected chi connectivity index (χ1v) is 13.3. The third-order valence-corrected chi connectivity index (χ3v) is 6.10. The lowest BCUT2D eigenvalue weighted by Crippen LogP contribution is -2.40. The van der Waals surface area contributed by atoms with Gasteiger partial charge in [-0.15, -0.1) is 0 Å². The van der Waals surface area contributed by atoms with Gasteiger partial charge in [-0.3, -0.25) is 14.3 Å². The highest BCUT2D eigenvalue weighted by molar-refractivity contribution is 7.89. The highest BCUT2D eigenvalue weighted by Crippen LogP contribution is 2.36. The van der Waals surface area contributed by atoms with Crippen molar-refractivity contribution < 1.29 is 22.7 Å². The number of sulfonamides is 1. The molecule has 0 aliphatic carbocycles. The van der Waals surface area contributed by atoms with Gasteiger partial charge in [0.2, 0.25) is 10.0 Å². The van der Waals surface area contributed by atoms with Gasteiger partial charge in [0.1, 0.15) is 6.04 Å². The Morgan fingerprint density at radius 1 is 1.00 bits per heavy atom. The van der Waals surface area contributed by atoms with Crippen molar-refractivity contribution in [1.82, 2.24) is 4.72 Å². The number of halogens is 1. The number of carbonyl (C=O) groups excluding carboxylic acids is 2. The summed E-state index contributed by atoms with van der Waals surface area (Å²) < 4.78 is 30.7. The predicted octanol–water partition coefficient (Wildman–Crippen LogP) is 4.93. The van der Waals surface area contributed by atoms with Crippen LogP contribution in [0.2, 0.25) is 5.02 Å². The molecule has 35 heavy (non-hydrogen) atoms. The molecule has 1 unspecified atom stereocenters. The molecule has 2 N–H and O–H groups in total. The fourth-order valence-electron chi connectivity index (χ4n) is 3.50. The highest BCUT2D eigenvalue weighted by atomic mass is 35.5. The molecule has 0 heterocycles. The third-order valence-electron chi connectivity index (χ3n) is 5.21. The highest BCUT2D eigenvalue weighted by Gasteiger charge is 2.24. The molecular weight excluding hydrogens is 488 g/mol. The van der Waals surface area contributed by atoms with Crippen molar-refractivity contribution in [3.8, 4) is 11.1 Å². The van der Waals surface area contributed by atoms with E-state index in [1.54, 1.807) is 37.3 Å².